The van der Waals surface area contributed by atoms with Gasteiger partial charge in [0.1, 0.15) is 5.75 Å². The minimum Gasteiger partial charge on any atom is -0.497 e. The summed E-state index contributed by atoms with van der Waals surface area (Å²) < 4.78 is 5.08. The third-order valence-corrected chi connectivity index (χ3v) is 3.99. The first-order valence-electron chi connectivity index (χ1n) is 8.19. The summed E-state index contributed by atoms with van der Waals surface area (Å²) in [6.45, 7) is 4.07. The molecule has 2 N–H and O–H groups in total. The Bertz CT molecular complexity index is 886. The summed E-state index contributed by atoms with van der Waals surface area (Å²) >= 11 is 0. The number of hydrogen-bond acceptors (Lipinski definition) is 5. The average Bonchev–Trinajstić information content (AvgIpc) is 2.66. The molecule has 1 aromatic heterocycles. The van der Waals surface area contributed by atoms with Gasteiger partial charge in [0.05, 0.1) is 7.11 Å². The highest BCUT2D eigenvalue weighted by Crippen LogP contribution is 2.23. The topological polar surface area (TPSA) is 76.1 Å². The molecule has 3 rings (SSSR count). The second-order valence-electron chi connectivity index (χ2n) is 5.88. The van der Waals surface area contributed by atoms with Gasteiger partial charge in [-0.1, -0.05) is 18.2 Å². The number of benzene rings is 2. The molecule has 0 spiro atoms. The molecule has 0 aliphatic rings. The maximum Gasteiger partial charge on any atom is 0.256 e. The molecule has 0 saturated carbocycles. The number of carbonyl (C=O) groups is 1. The van der Waals surface area contributed by atoms with Gasteiger partial charge in [-0.15, -0.1) is 10.2 Å². The first-order chi connectivity index (χ1) is 12.6. The summed E-state index contributed by atoms with van der Waals surface area (Å²) in [5, 5.41) is 14.2. The lowest BCUT2D eigenvalue weighted by Gasteiger charge is -2.11. The Labute approximate surface area is 152 Å². The number of para-hydroxylation sites is 1. The molecule has 0 fully saturated rings. The number of ether oxygens (including phenoxy) is 1. The Hall–Kier alpha value is -3.41. The van der Waals surface area contributed by atoms with E-state index in [2.05, 4.69) is 20.8 Å². The van der Waals surface area contributed by atoms with E-state index in [0.717, 1.165) is 16.8 Å². The highest BCUT2D eigenvalue weighted by Gasteiger charge is 2.08. The number of aromatic nitrogens is 2. The van der Waals surface area contributed by atoms with Gasteiger partial charge < -0.3 is 15.4 Å². The number of carbonyl (C=O) groups excluding carboxylic acids is 1. The second-order valence-corrected chi connectivity index (χ2v) is 5.88. The summed E-state index contributed by atoms with van der Waals surface area (Å²) in [5.74, 6) is 1.45. The van der Waals surface area contributed by atoms with Crippen molar-refractivity contribution in [3.05, 3.63) is 71.3 Å². The molecule has 0 saturated heterocycles. The summed E-state index contributed by atoms with van der Waals surface area (Å²) in [5.41, 5.74) is 3.79. The number of nitrogens with zero attached hydrogens (tertiary/aromatic N) is 2. The molecule has 6 nitrogen and oxygen atoms in total. The van der Waals surface area contributed by atoms with Crippen molar-refractivity contribution >= 4 is 23.2 Å². The zero-order chi connectivity index (χ0) is 18.5. The largest absolute Gasteiger partial charge is 0.497 e. The molecule has 0 aliphatic heterocycles. The molecule has 6 heteroatoms. The summed E-state index contributed by atoms with van der Waals surface area (Å²) in [7, 11) is 1.58. The monoisotopic (exact) mass is 348 g/mol. The lowest BCUT2D eigenvalue weighted by atomic mass is 10.1. The van der Waals surface area contributed by atoms with Gasteiger partial charge in [-0.25, -0.2) is 0 Å². The Kier molecular flexibility index (Phi) is 5.12. The molecule has 3 aromatic rings. The van der Waals surface area contributed by atoms with Crippen LogP contribution in [0.25, 0.3) is 0 Å². The van der Waals surface area contributed by atoms with E-state index >= 15 is 0 Å². The zero-order valence-corrected chi connectivity index (χ0v) is 14.9. The third-order valence-electron chi connectivity index (χ3n) is 3.99. The van der Waals surface area contributed by atoms with E-state index in [0.29, 0.717) is 22.9 Å². The summed E-state index contributed by atoms with van der Waals surface area (Å²) in [6.07, 6.45) is 0. The maximum absolute atomic E-state index is 12.2. The Morgan fingerprint density at radius 3 is 2.08 bits per heavy atom. The number of methoxy groups -OCH3 is 1. The van der Waals surface area contributed by atoms with Gasteiger partial charge in [0.15, 0.2) is 11.6 Å². The van der Waals surface area contributed by atoms with E-state index < -0.39 is 0 Å². The first-order valence-corrected chi connectivity index (χ1v) is 8.19. The van der Waals surface area contributed by atoms with E-state index in [1.165, 1.54) is 0 Å². The maximum atomic E-state index is 12.2. The van der Waals surface area contributed by atoms with Gasteiger partial charge in [-0.05, 0) is 61.4 Å². The highest BCUT2D eigenvalue weighted by atomic mass is 16.5. The van der Waals surface area contributed by atoms with E-state index in [-0.39, 0.29) is 5.91 Å². The molecule has 1 amide bonds. The van der Waals surface area contributed by atoms with E-state index in [1.54, 1.807) is 43.5 Å². The zero-order valence-electron chi connectivity index (χ0n) is 14.9. The van der Waals surface area contributed by atoms with Crippen LogP contribution in [0.15, 0.2) is 54.6 Å². The number of hydrogen-bond donors (Lipinski definition) is 2. The molecule has 1 heterocycles. The van der Waals surface area contributed by atoms with Crippen LogP contribution in [0.1, 0.15) is 21.5 Å². The predicted octanol–water partition coefficient (Wildman–Crippen LogP) is 4.10. The van der Waals surface area contributed by atoms with Gasteiger partial charge in [0.25, 0.3) is 5.91 Å². The van der Waals surface area contributed by atoms with Crippen LogP contribution < -0.4 is 15.4 Å². The van der Waals surface area contributed by atoms with Crippen molar-refractivity contribution in [3.8, 4) is 5.75 Å². The van der Waals surface area contributed by atoms with Crippen molar-refractivity contribution in [2.24, 2.45) is 0 Å². The van der Waals surface area contributed by atoms with Gasteiger partial charge in [-0.3, -0.25) is 4.79 Å². The Morgan fingerprint density at radius 2 is 1.50 bits per heavy atom. The second kappa shape index (κ2) is 7.65. The van der Waals surface area contributed by atoms with E-state index in [9.17, 15) is 4.79 Å². The van der Waals surface area contributed by atoms with Crippen molar-refractivity contribution in [1.82, 2.24) is 10.2 Å². The van der Waals surface area contributed by atoms with Crippen molar-refractivity contribution in [1.29, 1.82) is 0 Å². The smallest absolute Gasteiger partial charge is 0.256 e. The average molecular weight is 348 g/mol. The number of amides is 1. The molecule has 2 aromatic carbocycles. The Morgan fingerprint density at radius 1 is 0.885 bits per heavy atom. The molecule has 0 atom stereocenters. The van der Waals surface area contributed by atoms with Crippen LogP contribution >= 0.6 is 0 Å². The van der Waals surface area contributed by atoms with Crippen molar-refractivity contribution in [3.63, 3.8) is 0 Å². The molecule has 0 unspecified atom stereocenters. The van der Waals surface area contributed by atoms with Gasteiger partial charge in [-0.2, -0.15) is 0 Å². The first kappa shape index (κ1) is 17.4. The quantitative estimate of drug-likeness (QED) is 0.726. The van der Waals surface area contributed by atoms with Crippen LogP contribution in [-0.4, -0.2) is 23.2 Å². The standard InChI is InChI=1S/C20H20N4O2/c1-13-5-4-6-14(2)19(13)21-17-11-12-18(24-23-17)22-20(25)15-7-9-16(26-3)10-8-15/h4-12H,1-3H3,(H,21,23)(H,22,24,25). The number of rotatable bonds is 5. The van der Waals surface area contributed by atoms with Crippen LogP contribution in [0.5, 0.6) is 5.75 Å². The molecule has 0 bridgehead atoms. The van der Waals surface area contributed by atoms with Crippen LogP contribution in [0.2, 0.25) is 0 Å². The molecular formula is C20H20N4O2. The number of anilines is 3. The van der Waals surface area contributed by atoms with Gasteiger partial charge in [0.2, 0.25) is 0 Å². The van der Waals surface area contributed by atoms with Crippen LogP contribution in [0.4, 0.5) is 17.3 Å². The van der Waals surface area contributed by atoms with Crippen LogP contribution in [-0.2, 0) is 0 Å². The van der Waals surface area contributed by atoms with Gasteiger partial charge >= 0.3 is 0 Å². The van der Waals surface area contributed by atoms with E-state index in [1.807, 2.05) is 32.0 Å². The minimum atomic E-state index is -0.252. The SMILES string of the molecule is COc1ccc(C(=O)Nc2ccc(Nc3c(C)cccc3C)nn2)cc1. The molecule has 132 valence electrons. The fraction of sp³-hybridized carbons (Fsp3) is 0.150. The predicted molar refractivity (Wildman–Crippen MR) is 102 cm³/mol. The molecule has 0 radical (unpaired) electrons. The number of aryl methyl sites for hydroxylation is 2. The lowest BCUT2D eigenvalue weighted by molar-refractivity contribution is 0.102. The fourth-order valence-corrected chi connectivity index (χ4v) is 2.54. The van der Waals surface area contributed by atoms with E-state index in [4.69, 9.17) is 4.74 Å². The molecule has 0 aliphatic carbocycles. The summed E-state index contributed by atoms with van der Waals surface area (Å²) in [6, 6.07) is 16.4. The minimum absolute atomic E-state index is 0.252. The third kappa shape index (κ3) is 3.97. The highest BCUT2D eigenvalue weighted by molar-refractivity contribution is 6.03. The normalized spacial score (nSPS) is 10.3. The van der Waals surface area contributed by atoms with Gasteiger partial charge in [0, 0.05) is 11.3 Å². The van der Waals surface area contributed by atoms with Crippen molar-refractivity contribution in [2.75, 3.05) is 17.7 Å². The molecule has 26 heavy (non-hydrogen) atoms. The molecular weight excluding hydrogens is 328 g/mol. The lowest BCUT2D eigenvalue weighted by Crippen LogP contribution is -2.13. The fourth-order valence-electron chi connectivity index (χ4n) is 2.54. The number of nitrogens with one attached hydrogen (secondary N) is 2. The Balaban J connectivity index is 1.68. The van der Waals surface area contributed by atoms with Crippen LogP contribution in [0, 0.1) is 13.8 Å². The van der Waals surface area contributed by atoms with Crippen molar-refractivity contribution < 1.29 is 9.53 Å². The van der Waals surface area contributed by atoms with Crippen LogP contribution in [0.3, 0.4) is 0 Å². The van der Waals surface area contributed by atoms with Crippen molar-refractivity contribution in [2.45, 2.75) is 13.8 Å². The summed E-state index contributed by atoms with van der Waals surface area (Å²) in [4.78, 5) is 12.2.